The number of carbonyl (C=O) groups excluding carboxylic acids is 1. The van der Waals surface area contributed by atoms with Crippen LogP contribution in [-0.4, -0.2) is 31.3 Å². The van der Waals surface area contributed by atoms with Gasteiger partial charge in [0.1, 0.15) is 0 Å². The number of nitro groups is 1. The lowest BCUT2D eigenvalue weighted by molar-refractivity contribution is -0.384. The number of rotatable bonds is 9. The van der Waals surface area contributed by atoms with Gasteiger partial charge < -0.3 is 0 Å². The molecule has 3 aromatic carbocycles. The number of hydrogen-bond donors (Lipinski definition) is 2. The molecule has 10 heteroatoms. The molecule has 0 aliphatic heterocycles. The predicted octanol–water partition coefficient (Wildman–Crippen LogP) is 5.83. The van der Waals surface area contributed by atoms with Gasteiger partial charge in [0.15, 0.2) is 11.0 Å². The first kappa shape index (κ1) is 27.6. The quantitative estimate of drug-likeness (QED) is 0.155. The number of aryl methyl sites for hydroxylation is 1. The number of benzene rings is 3. The molecule has 2 N–H and O–H groups in total. The minimum atomic E-state index is -0.472. The second-order valence-corrected chi connectivity index (χ2v) is 11.0. The first-order valence-electron chi connectivity index (χ1n) is 12.3. The average molecular weight is 543 g/mol. The highest BCUT2D eigenvalue weighted by Crippen LogP contribution is 2.30. The Morgan fingerprint density at radius 3 is 2.21 bits per heavy atom. The van der Waals surface area contributed by atoms with Gasteiger partial charge in [-0.25, -0.2) is 0 Å². The molecule has 4 aromatic rings. The molecule has 0 aliphatic rings. The summed E-state index contributed by atoms with van der Waals surface area (Å²) < 4.78 is 1.95. The molecule has 1 aromatic heterocycles. The van der Waals surface area contributed by atoms with Crippen LogP contribution in [0.3, 0.4) is 0 Å². The lowest BCUT2D eigenvalue weighted by Crippen LogP contribution is -2.37. The summed E-state index contributed by atoms with van der Waals surface area (Å²) in [6.07, 6.45) is 0. The molecule has 0 spiro atoms. The molecule has 1 amide bonds. The van der Waals surface area contributed by atoms with Gasteiger partial charge in [-0.3, -0.25) is 30.3 Å². The maximum absolute atomic E-state index is 12.6. The lowest BCUT2D eigenvalue weighted by atomic mass is 9.87. The van der Waals surface area contributed by atoms with Crippen LogP contribution in [0.25, 0.3) is 22.8 Å². The Balaban J connectivity index is 1.48. The number of carbonyl (C=O) groups is 1. The van der Waals surface area contributed by atoms with E-state index in [1.807, 2.05) is 47.9 Å². The second kappa shape index (κ2) is 11.5. The van der Waals surface area contributed by atoms with Crippen molar-refractivity contribution in [2.45, 2.75) is 38.3 Å². The van der Waals surface area contributed by atoms with Crippen molar-refractivity contribution in [2.75, 3.05) is 5.75 Å². The fourth-order valence-electron chi connectivity index (χ4n) is 3.76. The van der Waals surface area contributed by atoms with Crippen molar-refractivity contribution in [3.8, 4) is 17.1 Å². The van der Waals surface area contributed by atoms with Crippen molar-refractivity contribution in [1.29, 1.82) is 0 Å². The Labute approximate surface area is 231 Å². The summed E-state index contributed by atoms with van der Waals surface area (Å²) in [5.41, 5.74) is 10.6. The van der Waals surface area contributed by atoms with Gasteiger partial charge in [0.05, 0.1) is 16.4 Å². The average Bonchev–Trinajstić information content (AvgIpc) is 3.34. The van der Waals surface area contributed by atoms with Gasteiger partial charge in [0, 0.05) is 23.4 Å². The summed E-state index contributed by atoms with van der Waals surface area (Å²) in [5, 5.41) is 20.3. The minimum Gasteiger partial charge on any atom is -0.299 e. The fraction of sp³-hybridized carbons (Fsp3) is 0.207. The van der Waals surface area contributed by atoms with Crippen LogP contribution in [0.4, 0.5) is 5.69 Å². The van der Waals surface area contributed by atoms with E-state index in [0.29, 0.717) is 22.2 Å². The summed E-state index contributed by atoms with van der Waals surface area (Å²) in [5.74, 6) is 0.470. The van der Waals surface area contributed by atoms with Crippen LogP contribution in [0.1, 0.15) is 37.5 Å². The third kappa shape index (κ3) is 6.71. The molecule has 0 aliphatic carbocycles. The molecule has 0 fully saturated rings. The minimum absolute atomic E-state index is 0.0193. The Bertz CT molecular complexity index is 1490. The molecule has 0 saturated carbocycles. The van der Waals surface area contributed by atoms with Gasteiger partial charge in [-0.1, -0.05) is 81.1 Å². The zero-order valence-electron chi connectivity index (χ0n) is 22.3. The van der Waals surface area contributed by atoms with Crippen LogP contribution < -0.4 is 10.9 Å². The van der Waals surface area contributed by atoms with Crippen LogP contribution in [0.2, 0.25) is 0 Å². The Morgan fingerprint density at radius 1 is 0.974 bits per heavy atom. The number of non-ortho nitro benzene ring substituents is 1. The second-order valence-electron chi connectivity index (χ2n) is 10.0. The van der Waals surface area contributed by atoms with E-state index in [1.54, 1.807) is 12.1 Å². The Morgan fingerprint density at radius 2 is 1.62 bits per heavy atom. The third-order valence-electron chi connectivity index (χ3n) is 6.05. The number of thioether (sulfide) groups is 1. The van der Waals surface area contributed by atoms with Gasteiger partial charge in [-0.2, -0.15) is 0 Å². The van der Waals surface area contributed by atoms with E-state index in [2.05, 4.69) is 60.5 Å². The number of nitro benzene ring substituents is 1. The first-order chi connectivity index (χ1) is 18.5. The Hall–Kier alpha value is -4.44. The molecular weight excluding hydrogens is 512 g/mol. The lowest BCUT2D eigenvalue weighted by Gasteiger charge is -2.19. The van der Waals surface area contributed by atoms with E-state index in [1.165, 1.54) is 29.5 Å². The van der Waals surface area contributed by atoms with Crippen LogP contribution >= 0.6 is 11.8 Å². The highest BCUT2D eigenvalue weighted by molar-refractivity contribution is 7.99. The van der Waals surface area contributed by atoms with Crippen LogP contribution in [0, 0.1) is 17.0 Å². The van der Waals surface area contributed by atoms with Gasteiger partial charge >= 0.3 is 0 Å². The van der Waals surface area contributed by atoms with E-state index in [0.717, 1.165) is 16.8 Å². The monoisotopic (exact) mass is 542 g/mol. The standard InChI is InChI=1S/C29H30N6O3S/c1-19-6-14-24(15-7-19)34-27(22-8-12-23(13-9-22)29(3,4)5)32-33-28(34)39-18-26(36)31-30-20(2)21-10-16-25(17-11-21)35(37)38/h6-17,30H,2,18H2,1,3-5H3,(H,31,36). The number of hydrogen-bond acceptors (Lipinski definition) is 7. The maximum Gasteiger partial charge on any atom is 0.269 e. The zero-order chi connectivity index (χ0) is 28.2. The van der Waals surface area contributed by atoms with Crippen LogP contribution in [-0.2, 0) is 10.2 Å². The zero-order valence-corrected chi connectivity index (χ0v) is 23.1. The number of hydrazine groups is 1. The largest absolute Gasteiger partial charge is 0.299 e. The van der Waals surface area contributed by atoms with Crippen molar-refractivity contribution < 1.29 is 9.72 Å². The number of nitrogens with zero attached hydrogens (tertiary/aromatic N) is 4. The third-order valence-corrected chi connectivity index (χ3v) is 6.98. The first-order valence-corrected chi connectivity index (χ1v) is 13.3. The van der Waals surface area contributed by atoms with Gasteiger partial charge in [0.25, 0.3) is 5.69 Å². The summed E-state index contributed by atoms with van der Waals surface area (Å²) >= 11 is 1.26. The molecule has 0 radical (unpaired) electrons. The van der Waals surface area contributed by atoms with Crippen molar-refractivity contribution in [1.82, 2.24) is 25.6 Å². The summed E-state index contributed by atoms with van der Waals surface area (Å²) in [6.45, 7) is 12.4. The van der Waals surface area contributed by atoms with Gasteiger partial charge in [-0.15, -0.1) is 10.2 Å². The molecule has 0 unspecified atom stereocenters. The molecule has 39 heavy (non-hydrogen) atoms. The molecule has 200 valence electrons. The van der Waals surface area contributed by atoms with E-state index in [4.69, 9.17) is 0 Å². The van der Waals surface area contributed by atoms with E-state index in [9.17, 15) is 14.9 Å². The molecule has 1 heterocycles. The van der Waals surface area contributed by atoms with Gasteiger partial charge in [0.2, 0.25) is 5.91 Å². The molecule has 4 rings (SSSR count). The van der Waals surface area contributed by atoms with E-state index >= 15 is 0 Å². The van der Waals surface area contributed by atoms with Gasteiger partial charge in [-0.05, 0) is 47.7 Å². The molecule has 9 nitrogen and oxygen atoms in total. The van der Waals surface area contributed by atoms with Crippen molar-refractivity contribution in [2.24, 2.45) is 0 Å². The van der Waals surface area contributed by atoms with E-state index < -0.39 is 4.92 Å². The summed E-state index contributed by atoms with van der Waals surface area (Å²) in [7, 11) is 0. The van der Waals surface area contributed by atoms with Crippen molar-refractivity contribution in [3.63, 3.8) is 0 Å². The summed E-state index contributed by atoms with van der Waals surface area (Å²) in [6, 6.07) is 22.2. The SMILES string of the molecule is C=C(NNC(=O)CSc1nnc(-c2ccc(C(C)(C)C)cc2)n1-c1ccc(C)cc1)c1ccc([N+](=O)[O-])cc1. The molecule has 0 atom stereocenters. The van der Waals surface area contributed by atoms with Crippen molar-refractivity contribution >= 4 is 29.1 Å². The predicted molar refractivity (Wildman–Crippen MR) is 154 cm³/mol. The normalized spacial score (nSPS) is 11.2. The highest BCUT2D eigenvalue weighted by atomic mass is 32.2. The van der Waals surface area contributed by atoms with E-state index in [-0.39, 0.29) is 22.8 Å². The molecule has 0 bridgehead atoms. The maximum atomic E-state index is 12.6. The smallest absolute Gasteiger partial charge is 0.269 e. The summed E-state index contributed by atoms with van der Waals surface area (Å²) in [4.78, 5) is 23.0. The molecular formula is C29H30N6O3S. The Kier molecular flexibility index (Phi) is 8.15. The van der Waals surface area contributed by atoms with Crippen LogP contribution in [0.15, 0.2) is 84.5 Å². The number of amides is 1. The highest BCUT2D eigenvalue weighted by Gasteiger charge is 2.19. The topological polar surface area (TPSA) is 115 Å². The van der Waals surface area contributed by atoms with Crippen LogP contribution in [0.5, 0.6) is 0 Å². The molecule has 0 saturated heterocycles. The van der Waals surface area contributed by atoms with Crippen molar-refractivity contribution in [3.05, 3.63) is 106 Å². The number of nitrogens with one attached hydrogen (secondary N) is 2. The fourth-order valence-corrected chi connectivity index (χ4v) is 4.52. The number of aromatic nitrogens is 3.